The fourth-order valence-corrected chi connectivity index (χ4v) is 4.68. The normalized spacial score (nSPS) is 13.9. The molecule has 50 heavy (non-hydrogen) atoms. The number of non-ortho nitro benzene ring substituents is 1. The lowest BCUT2D eigenvalue weighted by atomic mass is 9.95. The van der Waals surface area contributed by atoms with Crippen LogP contribution in [0.25, 0.3) is 0 Å². The van der Waals surface area contributed by atoms with E-state index in [1.165, 1.54) is 31.5 Å². The number of carbonyl (C=O) groups excluding carboxylic acids is 3. The van der Waals surface area contributed by atoms with Crippen molar-refractivity contribution in [2.45, 2.75) is 26.8 Å². The topological polar surface area (TPSA) is 232 Å². The monoisotopic (exact) mass is 692 g/mol. The Bertz CT molecular complexity index is 1880. The number of carbonyl (C=O) groups is 3. The van der Waals surface area contributed by atoms with Gasteiger partial charge in [-0.2, -0.15) is 5.10 Å². The molecule has 18 nitrogen and oxygen atoms in total. The second-order valence-electron chi connectivity index (χ2n) is 10.2. The van der Waals surface area contributed by atoms with Crippen molar-refractivity contribution in [3.63, 3.8) is 0 Å². The first-order valence-electron chi connectivity index (χ1n) is 14.9. The van der Waals surface area contributed by atoms with Crippen LogP contribution in [0.4, 0.5) is 16.2 Å². The second-order valence-corrected chi connectivity index (χ2v) is 10.2. The summed E-state index contributed by atoms with van der Waals surface area (Å²) in [6.07, 6.45) is 1.32. The van der Waals surface area contributed by atoms with Crippen molar-refractivity contribution in [1.82, 2.24) is 16.1 Å². The third kappa shape index (κ3) is 8.79. The summed E-state index contributed by atoms with van der Waals surface area (Å²) in [4.78, 5) is 58.3. The number of rotatable bonds is 15. The van der Waals surface area contributed by atoms with E-state index in [-0.39, 0.29) is 47.5 Å². The Morgan fingerprint density at radius 2 is 1.66 bits per heavy atom. The van der Waals surface area contributed by atoms with E-state index in [4.69, 9.17) is 23.7 Å². The number of nitrogens with one attached hydrogen (secondary N) is 3. The summed E-state index contributed by atoms with van der Waals surface area (Å²) in [5, 5.41) is 31.7. The first kappa shape index (κ1) is 36.1. The molecule has 1 atom stereocenters. The number of nitrogens with zero attached hydrogens (tertiary/aromatic N) is 3. The highest BCUT2D eigenvalue weighted by Crippen LogP contribution is 2.39. The summed E-state index contributed by atoms with van der Waals surface area (Å²) in [5.74, 6) is -0.700. The molecule has 3 N–H and O–H groups in total. The van der Waals surface area contributed by atoms with Gasteiger partial charge in [0.2, 0.25) is 5.75 Å². The van der Waals surface area contributed by atoms with Crippen LogP contribution in [0.3, 0.4) is 0 Å². The van der Waals surface area contributed by atoms with Crippen LogP contribution in [0.2, 0.25) is 0 Å². The highest BCUT2D eigenvalue weighted by atomic mass is 16.6. The van der Waals surface area contributed by atoms with Gasteiger partial charge in [-0.15, -0.1) is 0 Å². The molecule has 0 bridgehead atoms. The lowest BCUT2D eigenvalue weighted by Crippen LogP contribution is -2.45. The standard InChI is InChI=1S/C32H32N6O12/c1-5-47-27-13-19(7-10-25(27)50-23-12-9-21(37(42)43)15-22(23)38(44)45)16-33-36-28(39)17-49-24-11-8-20(14-26(24)46-4)30-29(31(40)48-6-2)18(3)34-32(41)35-30/h7-16,30H,5-6,17H2,1-4H3,(H,36,39)(H2,34,35,41)/b33-16-/t30-/m1/s1. The molecular formula is C32H32N6O12. The zero-order valence-corrected chi connectivity index (χ0v) is 27.2. The van der Waals surface area contributed by atoms with Crippen molar-refractivity contribution in [2.24, 2.45) is 5.10 Å². The average molecular weight is 693 g/mol. The van der Waals surface area contributed by atoms with E-state index in [1.54, 1.807) is 39.0 Å². The number of hydrazone groups is 1. The van der Waals surface area contributed by atoms with Gasteiger partial charge in [0, 0.05) is 11.8 Å². The van der Waals surface area contributed by atoms with Crippen LogP contribution in [0.15, 0.2) is 71.0 Å². The highest BCUT2D eigenvalue weighted by Gasteiger charge is 2.32. The molecule has 0 saturated heterocycles. The van der Waals surface area contributed by atoms with E-state index < -0.39 is 51.8 Å². The van der Waals surface area contributed by atoms with Crippen molar-refractivity contribution in [3.05, 3.63) is 97.2 Å². The number of urea groups is 1. The van der Waals surface area contributed by atoms with Gasteiger partial charge in [0.05, 0.1) is 54.1 Å². The molecule has 0 saturated carbocycles. The number of nitro benzene ring substituents is 2. The van der Waals surface area contributed by atoms with Crippen molar-refractivity contribution >= 4 is 35.5 Å². The molecule has 0 fully saturated rings. The quantitative estimate of drug-likeness (QED) is 0.0869. The molecule has 1 aliphatic heterocycles. The van der Waals surface area contributed by atoms with E-state index in [9.17, 15) is 34.6 Å². The number of hydrogen-bond acceptors (Lipinski definition) is 13. The lowest BCUT2D eigenvalue weighted by Gasteiger charge is -2.28. The molecular weight excluding hydrogens is 660 g/mol. The van der Waals surface area contributed by atoms with Gasteiger partial charge in [0.15, 0.2) is 29.6 Å². The molecule has 1 heterocycles. The third-order valence-electron chi connectivity index (χ3n) is 6.88. The first-order chi connectivity index (χ1) is 23.9. The fraction of sp³-hybridized carbons (Fsp3) is 0.250. The summed E-state index contributed by atoms with van der Waals surface area (Å²) in [6, 6.07) is 10.9. The van der Waals surface area contributed by atoms with Gasteiger partial charge in [-0.25, -0.2) is 15.0 Å². The van der Waals surface area contributed by atoms with Gasteiger partial charge in [-0.1, -0.05) is 6.07 Å². The van der Waals surface area contributed by atoms with E-state index >= 15 is 0 Å². The smallest absolute Gasteiger partial charge is 0.338 e. The zero-order chi connectivity index (χ0) is 36.4. The summed E-state index contributed by atoms with van der Waals surface area (Å²) in [5.41, 5.74) is 2.82. The molecule has 1 aliphatic rings. The Labute approximate surface area is 284 Å². The maximum absolute atomic E-state index is 12.6. The lowest BCUT2D eigenvalue weighted by molar-refractivity contribution is -0.394. The highest BCUT2D eigenvalue weighted by molar-refractivity contribution is 5.95. The second kappa shape index (κ2) is 16.4. The minimum Gasteiger partial charge on any atom is -0.493 e. The number of nitro groups is 2. The van der Waals surface area contributed by atoms with E-state index in [2.05, 4.69) is 21.2 Å². The minimum absolute atomic E-state index is 0.101. The number of allylic oxidation sites excluding steroid dienone is 1. The SMILES string of the molecule is CCOC(=O)C1=C(C)NC(=O)N[C@@H]1c1ccc(OCC(=O)N/N=C\c2ccc(Oc3ccc([N+](=O)[O-])cc3[N+](=O)[O-])c(OCC)c2)c(OC)c1. The number of amides is 3. The molecule has 18 heteroatoms. The predicted octanol–water partition coefficient (Wildman–Crippen LogP) is 4.42. The number of methoxy groups -OCH3 is 1. The molecule has 0 aliphatic carbocycles. The molecule has 3 amide bonds. The molecule has 4 rings (SSSR count). The van der Waals surface area contributed by atoms with E-state index in [0.717, 1.165) is 18.2 Å². The molecule has 0 unspecified atom stereocenters. The zero-order valence-electron chi connectivity index (χ0n) is 27.2. The van der Waals surface area contributed by atoms with Gasteiger partial charge >= 0.3 is 17.7 Å². The molecule has 3 aromatic carbocycles. The van der Waals surface area contributed by atoms with Gasteiger partial charge in [-0.05, 0) is 68.3 Å². The number of hydrogen-bond donors (Lipinski definition) is 3. The van der Waals surface area contributed by atoms with Gasteiger partial charge in [0.25, 0.3) is 11.6 Å². The average Bonchev–Trinajstić information content (AvgIpc) is 3.08. The fourth-order valence-electron chi connectivity index (χ4n) is 4.68. The van der Waals surface area contributed by atoms with Crippen molar-refractivity contribution in [2.75, 3.05) is 26.9 Å². The number of benzene rings is 3. The van der Waals surface area contributed by atoms with E-state index in [0.29, 0.717) is 16.8 Å². The van der Waals surface area contributed by atoms with Crippen LogP contribution in [0, 0.1) is 20.2 Å². The Balaban J connectivity index is 1.41. The minimum atomic E-state index is -0.826. The number of esters is 1. The molecule has 0 spiro atoms. The predicted molar refractivity (Wildman–Crippen MR) is 175 cm³/mol. The molecule has 3 aromatic rings. The maximum Gasteiger partial charge on any atom is 0.338 e. The van der Waals surface area contributed by atoms with Crippen molar-refractivity contribution in [3.8, 4) is 28.7 Å². The molecule has 0 aromatic heterocycles. The maximum atomic E-state index is 12.6. The Hall–Kier alpha value is -6.72. The Kier molecular flexibility index (Phi) is 11.8. The summed E-state index contributed by atoms with van der Waals surface area (Å²) in [7, 11) is 1.39. The largest absolute Gasteiger partial charge is 0.493 e. The van der Waals surface area contributed by atoms with Crippen molar-refractivity contribution < 1.29 is 47.9 Å². The van der Waals surface area contributed by atoms with Crippen LogP contribution < -0.4 is 35.0 Å². The van der Waals surface area contributed by atoms with Gasteiger partial charge in [0.1, 0.15) is 0 Å². The van der Waals surface area contributed by atoms with Crippen LogP contribution in [-0.2, 0) is 14.3 Å². The van der Waals surface area contributed by atoms with E-state index in [1.807, 2.05) is 0 Å². The molecule has 0 radical (unpaired) electrons. The van der Waals surface area contributed by atoms with Crippen LogP contribution in [-0.4, -0.2) is 60.9 Å². The van der Waals surface area contributed by atoms with Gasteiger partial charge < -0.3 is 34.3 Å². The summed E-state index contributed by atoms with van der Waals surface area (Å²) in [6.45, 7) is 4.89. The Morgan fingerprint density at radius 3 is 2.34 bits per heavy atom. The third-order valence-corrected chi connectivity index (χ3v) is 6.88. The summed E-state index contributed by atoms with van der Waals surface area (Å²) < 4.78 is 27.5. The first-order valence-corrected chi connectivity index (χ1v) is 14.9. The summed E-state index contributed by atoms with van der Waals surface area (Å²) >= 11 is 0. The van der Waals surface area contributed by atoms with Gasteiger partial charge in [-0.3, -0.25) is 25.0 Å². The number of ether oxygens (including phenoxy) is 5. The van der Waals surface area contributed by atoms with Crippen LogP contribution in [0.5, 0.6) is 28.7 Å². The van der Waals surface area contributed by atoms with Crippen LogP contribution in [0.1, 0.15) is 37.9 Å². The van der Waals surface area contributed by atoms with Crippen LogP contribution >= 0.6 is 0 Å². The van der Waals surface area contributed by atoms with Crippen molar-refractivity contribution in [1.29, 1.82) is 0 Å². The Morgan fingerprint density at radius 1 is 0.920 bits per heavy atom. The molecule has 262 valence electrons.